The number of rotatable bonds is 5. The molecule has 2 N–H and O–H groups in total. The zero-order valence-electron chi connectivity index (χ0n) is 11.6. The standard InChI is InChI=1S/C14H24N2O3/c1-10-6-8-16(12(9-10)13(17)18)14(19)15-7-2-3-11-4-5-11/h10-12H,2-9H2,1H3,(H,15,19)(H,17,18). The highest BCUT2D eigenvalue weighted by molar-refractivity contribution is 5.82. The highest BCUT2D eigenvalue weighted by Crippen LogP contribution is 2.33. The first-order chi connectivity index (χ1) is 9.08. The van der Waals surface area contributed by atoms with Crippen molar-refractivity contribution >= 4 is 12.0 Å². The van der Waals surface area contributed by atoms with Crippen LogP contribution in [0.25, 0.3) is 0 Å². The number of carbonyl (C=O) groups is 2. The van der Waals surface area contributed by atoms with Crippen molar-refractivity contribution in [2.24, 2.45) is 11.8 Å². The molecular formula is C14H24N2O3. The monoisotopic (exact) mass is 268 g/mol. The second-order valence-corrected chi connectivity index (χ2v) is 5.99. The van der Waals surface area contributed by atoms with Crippen molar-refractivity contribution in [3.63, 3.8) is 0 Å². The minimum absolute atomic E-state index is 0.213. The van der Waals surface area contributed by atoms with Gasteiger partial charge in [0.1, 0.15) is 6.04 Å². The molecule has 5 nitrogen and oxygen atoms in total. The van der Waals surface area contributed by atoms with E-state index in [9.17, 15) is 14.7 Å². The summed E-state index contributed by atoms with van der Waals surface area (Å²) in [6.07, 6.45) is 6.29. The van der Waals surface area contributed by atoms with Gasteiger partial charge in [0.25, 0.3) is 0 Å². The fourth-order valence-electron chi connectivity index (χ4n) is 2.71. The van der Waals surface area contributed by atoms with Gasteiger partial charge in [-0.1, -0.05) is 19.8 Å². The molecule has 1 aliphatic carbocycles. The third kappa shape index (κ3) is 4.11. The Morgan fingerprint density at radius 1 is 1.32 bits per heavy atom. The number of carboxylic acid groups (broad SMARTS) is 1. The van der Waals surface area contributed by atoms with Gasteiger partial charge in [0.2, 0.25) is 0 Å². The molecule has 1 saturated heterocycles. The van der Waals surface area contributed by atoms with Crippen LogP contribution in [-0.4, -0.2) is 41.1 Å². The van der Waals surface area contributed by atoms with E-state index in [1.807, 2.05) is 6.92 Å². The number of nitrogens with one attached hydrogen (secondary N) is 1. The lowest BCUT2D eigenvalue weighted by atomic mass is 9.93. The van der Waals surface area contributed by atoms with Crippen molar-refractivity contribution < 1.29 is 14.7 Å². The van der Waals surface area contributed by atoms with Crippen LogP contribution in [0.4, 0.5) is 4.79 Å². The number of hydrogen-bond acceptors (Lipinski definition) is 2. The van der Waals surface area contributed by atoms with E-state index in [1.54, 1.807) is 0 Å². The van der Waals surface area contributed by atoms with Crippen molar-refractivity contribution in [3.8, 4) is 0 Å². The Kier molecular flexibility index (Phi) is 4.66. The van der Waals surface area contributed by atoms with Crippen LogP contribution in [0.15, 0.2) is 0 Å². The van der Waals surface area contributed by atoms with Crippen molar-refractivity contribution in [1.29, 1.82) is 0 Å². The maximum absolute atomic E-state index is 12.0. The molecule has 2 atom stereocenters. The van der Waals surface area contributed by atoms with E-state index >= 15 is 0 Å². The second-order valence-electron chi connectivity index (χ2n) is 5.99. The third-order valence-electron chi connectivity index (χ3n) is 4.17. The molecule has 2 rings (SSSR count). The van der Waals surface area contributed by atoms with Crippen molar-refractivity contribution in [2.75, 3.05) is 13.1 Å². The molecule has 0 aromatic carbocycles. The molecule has 2 amide bonds. The Labute approximate surface area is 114 Å². The third-order valence-corrected chi connectivity index (χ3v) is 4.17. The second kappa shape index (κ2) is 6.26. The molecule has 0 aromatic heterocycles. The van der Waals surface area contributed by atoms with Crippen LogP contribution in [0.5, 0.6) is 0 Å². The highest BCUT2D eigenvalue weighted by atomic mass is 16.4. The number of carbonyl (C=O) groups excluding carboxylic acids is 1. The van der Waals surface area contributed by atoms with E-state index in [0.717, 1.165) is 18.8 Å². The zero-order chi connectivity index (χ0) is 13.8. The fourth-order valence-corrected chi connectivity index (χ4v) is 2.71. The Morgan fingerprint density at radius 2 is 2.05 bits per heavy atom. The number of piperidine rings is 1. The minimum atomic E-state index is -0.889. The van der Waals surface area contributed by atoms with Gasteiger partial charge < -0.3 is 15.3 Å². The van der Waals surface area contributed by atoms with Crippen molar-refractivity contribution in [2.45, 2.75) is 51.5 Å². The molecule has 0 radical (unpaired) electrons. The number of aliphatic carboxylic acids is 1. The molecule has 0 bridgehead atoms. The zero-order valence-corrected chi connectivity index (χ0v) is 11.6. The smallest absolute Gasteiger partial charge is 0.326 e. The van der Waals surface area contributed by atoms with E-state index in [-0.39, 0.29) is 6.03 Å². The number of nitrogens with zero attached hydrogens (tertiary/aromatic N) is 1. The Hall–Kier alpha value is -1.26. The Morgan fingerprint density at radius 3 is 2.68 bits per heavy atom. The summed E-state index contributed by atoms with van der Waals surface area (Å²) in [4.78, 5) is 24.7. The van der Waals surface area contributed by atoms with Gasteiger partial charge in [0, 0.05) is 13.1 Å². The van der Waals surface area contributed by atoms with Gasteiger partial charge in [0.05, 0.1) is 0 Å². The summed E-state index contributed by atoms with van der Waals surface area (Å²) in [6, 6.07) is -0.873. The normalized spacial score (nSPS) is 27.1. The van der Waals surface area contributed by atoms with Gasteiger partial charge in [-0.05, 0) is 37.5 Å². The van der Waals surface area contributed by atoms with Crippen LogP contribution >= 0.6 is 0 Å². The molecule has 0 aromatic rings. The Bertz CT molecular complexity index is 342. The molecular weight excluding hydrogens is 244 g/mol. The molecule has 1 heterocycles. The molecule has 2 aliphatic rings. The summed E-state index contributed by atoms with van der Waals surface area (Å²) in [7, 11) is 0. The number of carboxylic acids is 1. The van der Waals surface area contributed by atoms with Crippen LogP contribution in [0, 0.1) is 11.8 Å². The van der Waals surface area contributed by atoms with Crippen LogP contribution in [0.1, 0.15) is 45.4 Å². The summed E-state index contributed by atoms with van der Waals surface area (Å²) in [5.74, 6) is 0.360. The quantitative estimate of drug-likeness (QED) is 0.750. The first kappa shape index (κ1) is 14.2. The van der Waals surface area contributed by atoms with E-state index in [4.69, 9.17) is 0 Å². The Balaban J connectivity index is 1.76. The van der Waals surface area contributed by atoms with Crippen LogP contribution < -0.4 is 5.32 Å². The van der Waals surface area contributed by atoms with Crippen LogP contribution in [0.3, 0.4) is 0 Å². The van der Waals surface area contributed by atoms with Crippen molar-refractivity contribution in [3.05, 3.63) is 0 Å². The fraction of sp³-hybridized carbons (Fsp3) is 0.857. The predicted molar refractivity (Wildman–Crippen MR) is 71.9 cm³/mol. The number of likely N-dealkylation sites (tertiary alicyclic amines) is 1. The number of urea groups is 1. The average Bonchev–Trinajstić information content (AvgIpc) is 3.18. The first-order valence-corrected chi connectivity index (χ1v) is 7.35. The molecule has 0 spiro atoms. The lowest BCUT2D eigenvalue weighted by Crippen LogP contribution is -2.53. The average molecular weight is 268 g/mol. The largest absolute Gasteiger partial charge is 0.480 e. The predicted octanol–water partition coefficient (Wildman–Crippen LogP) is 2.07. The van der Waals surface area contributed by atoms with Gasteiger partial charge in [-0.3, -0.25) is 0 Å². The molecule has 2 unspecified atom stereocenters. The van der Waals surface area contributed by atoms with Gasteiger partial charge in [-0.25, -0.2) is 9.59 Å². The van der Waals surface area contributed by atoms with Crippen LogP contribution in [0.2, 0.25) is 0 Å². The topological polar surface area (TPSA) is 69.6 Å². The summed E-state index contributed by atoms with van der Waals surface area (Å²) in [5.41, 5.74) is 0. The lowest BCUT2D eigenvalue weighted by Gasteiger charge is -2.35. The lowest BCUT2D eigenvalue weighted by molar-refractivity contribution is -0.143. The minimum Gasteiger partial charge on any atom is -0.480 e. The van der Waals surface area contributed by atoms with Crippen molar-refractivity contribution in [1.82, 2.24) is 10.2 Å². The summed E-state index contributed by atoms with van der Waals surface area (Å²) >= 11 is 0. The summed E-state index contributed by atoms with van der Waals surface area (Å²) < 4.78 is 0. The maximum atomic E-state index is 12.0. The van der Waals surface area contributed by atoms with Gasteiger partial charge in [-0.15, -0.1) is 0 Å². The van der Waals surface area contributed by atoms with Gasteiger partial charge in [-0.2, -0.15) is 0 Å². The SMILES string of the molecule is CC1CCN(C(=O)NCCCC2CC2)C(C(=O)O)C1. The first-order valence-electron chi connectivity index (χ1n) is 7.35. The van der Waals surface area contributed by atoms with Crippen LogP contribution in [-0.2, 0) is 4.79 Å². The molecule has 108 valence electrons. The molecule has 2 fully saturated rings. The summed E-state index contributed by atoms with van der Waals surface area (Å²) in [5, 5.41) is 12.1. The van der Waals surface area contributed by atoms with E-state index in [0.29, 0.717) is 25.4 Å². The highest BCUT2D eigenvalue weighted by Gasteiger charge is 2.34. The van der Waals surface area contributed by atoms with E-state index < -0.39 is 12.0 Å². The molecule has 1 saturated carbocycles. The number of hydrogen-bond donors (Lipinski definition) is 2. The maximum Gasteiger partial charge on any atom is 0.326 e. The van der Waals surface area contributed by atoms with Gasteiger partial charge >= 0.3 is 12.0 Å². The van der Waals surface area contributed by atoms with E-state index in [1.165, 1.54) is 24.2 Å². The molecule has 19 heavy (non-hydrogen) atoms. The summed E-state index contributed by atoms with van der Waals surface area (Å²) in [6.45, 7) is 3.25. The molecule has 5 heteroatoms. The molecule has 1 aliphatic heterocycles. The number of amides is 2. The van der Waals surface area contributed by atoms with Gasteiger partial charge in [0.15, 0.2) is 0 Å². The van der Waals surface area contributed by atoms with E-state index in [2.05, 4.69) is 5.32 Å².